The standard InChI is InChI=1S/C15H17Cl2N3O3S/c1-10(7-8-24(2,22)23)19-13-9-18-20(15(21)14(13)17)12-5-3-11(16)4-6-12/h3-6,9-10,19H,7-8H2,1-2H3. The van der Waals surface area contributed by atoms with Crippen molar-refractivity contribution < 1.29 is 8.42 Å². The summed E-state index contributed by atoms with van der Waals surface area (Å²) in [5.41, 5.74) is 0.440. The summed E-state index contributed by atoms with van der Waals surface area (Å²) >= 11 is 12.0. The number of rotatable bonds is 6. The summed E-state index contributed by atoms with van der Waals surface area (Å²) in [6.45, 7) is 1.81. The Morgan fingerprint density at radius 2 is 1.88 bits per heavy atom. The summed E-state index contributed by atoms with van der Waals surface area (Å²) in [7, 11) is -3.04. The average molecular weight is 390 g/mol. The van der Waals surface area contributed by atoms with Crippen molar-refractivity contribution in [3.8, 4) is 5.69 Å². The Kier molecular flexibility index (Phi) is 5.90. The van der Waals surface area contributed by atoms with E-state index in [0.29, 0.717) is 22.8 Å². The number of anilines is 1. The number of aromatic nitrogens is 2. The first-order valence-corrected chi connectivity index (χ1v) is 9.97. The molecule has 0 aliphatic carbocycles. The molecule has 0 saturated heterocycles. The maximum atomic E-state index is 12.4. The first-order chi connectivity index (χ1) is 11.2. The van der Waals surface area contributed by atoms with E-state index in [9.17, 15) is 13.2 Å². The van der Waals surface area contributed by atoms with Crippen LogP contribution in [0.1, 0.15) is 13.3 Å². The van der Waals surface area contributed by atoms with E-state index >= 15 is 0 Å². The highest BCUT2D eigenvalue weighted by Crippen LogP contribution is 2.19. The fourth-order valence-electron chi connectivity index (χ4n) is 2.03. The second-order valence-electron chi connectivity index (χ2n) is 5.53. The van der Waals surface area contributed by atoms with Crippen LogP contribution < -0.4 is 10.9 Å². The predicted octanol–water partition coefficient (Wildman–Crippen LogP) is 2.77. The molecule has 0 aliphatic rings. The summed E-state index contributed by atoms with van der Waals surface area (Å²) in [5.74, 6) is 0.0497. The van der Waals surface area contributed by atoms with Gasteiger partial charge in [0.2, 0.25) is 0 Å². The van der Waals surface area contributed by atoms with Crippen LogP contribution in [0.2, 0.25) is 10.0 Å². The van der Waals surface area contributed by atoms with Crippen LogP contribution in [0, 0.1) is 0 Å². The molecule has 0 amide bonds. The van der Waals surface area contributed by atoms with E-state index < -0.39 is 15.4 Å². The van der Waals surface area contributed by atoms with Crippen molar-refractivity contribution in [1.29, 1.82) is 0 Å². The van der Waals surface area contributed by atoms with Crippen LogP contribution in [0.5, 0.6) is 0 Å². The molecule has 1 heterocycles. The Morgan fingerprint density at radius 1 is 1.25 bits per heavy atom. The Morgan fingerprint density at radius 3 is 2.46 bits per heavy atom. The predicted molar refractivity (Wildman–Crippen MR) is 97.3 cm³/mol. The smallest absolute Gasteiger partial charge is 0.292 e. The van der Waals surface area contributed by atoms with Gasteiger partial charge >= 0.3 is 0 Å². The molecule has 130 valence electrons. The fraction of sp³-hybridized carbons (Fsp3) is 0.333. The Bertz CT molecular complexity index is 880. The monoisotopic (exact) mass is 389 g/mol. The minimum absolute atomic E-state index is 0.00819. The molecule has 0 spiro atoms. The minimum atomic E-state index is -3.04. The summed E-state index contributed by atoms with van der Waals surface area (Å²) < 4.78 is 23.6. The molecule has 9 heteroatoms. The molecule has 0 saturated carbocycles. The third-order valence-corrected chi connectivity index (χ3v) is 4.91. The molecule has 0 aliphatic heterocycles. The highest BCUT2D eigenvalue weighted by molar-refractivity contribution is 7.90. The number of hydrogen-bond donors (Lipinski definition) is 1. The Balaban J connectivity index is 2.21. The van der Waals surface area contributed by atoms with Gasteiger partial charge in [-0.2, -0.15) is 9.78 Å². The van der Waals surface area contributed by atoms with Gasteiger partial charge < -0.3 is 5.32 Å². The third kappa shape index (κ3) is 4.96. The first kappa shape index (κ1) is 18.8. The van der Waals surface area contributed by atoms with Gasteiger partial charge in [-0.15, -0.1) is 0 Å². The molecule has 1 aromatic heterocycles. The van der Waals surface area contributed by atoms with E-state index in [0.717, 1.165) is 0 Å². The largest absolute Gasteiger partial charge is 0.380 e. The summed E-state index contributed by atoms with van der Waals surface area (Å²) in [5, 5.41) is 7.66. The molecule has 0 fully saturated rings. The molecule has 1 aromatic carbocycles. The van der Waals surface area contributed by atoms with E-state index in [1.165, 1.54) is 17.1 Å². The number of sulfone groups is 1. The van der Waals surface area contributed by atoms with Crippen LogP contribution >= 0.6 is 23.2 Å². The maximum Gasteiger partial charge on any atom is 0.292 e. The van der Waals surface area contributed by atoms with Gasteiger partial charge in [0.25, 0.3) is 5.56 Å². The van der Waals surface area contributed by atoms with Crippen molar-refractivity contribution in [3.05, 3.63) is 50.9 Å². The van der Waals surface area contributed by atoms with Crippen molar-refractivity contribution in [1.82, 2.24) is 9.78 Å². The van der Waals surface area contributed by atoms with Gasteiger partial charge in [0.05, 0.1) is 23.3 Å². The molecule has 2 rings (SSSR count). The lowest BCUT2D eigenvalue weighted by molar-refractivity contribution is 0.595. The van der Waals surface area contributed by atoms with Crippen LogP contribution in [0.4, 0.5) is 5.69 Å². The molecule has 2 aromatic rings. The van der Waals surface area contributed by atoms with Crippen molar-refractivity contribution >= 4 is 38.7 Å². The van der Waals surface area contributed by atoms with E-state index in [2.05, 4.69) is 10.4 Å². The van der Waals surface area contributed by atoms with E-state index in [4.69, 9.17) is 23.2 Å². The summed E-state index contributed by atoms with van der Waals surface area (Å²) in [6, 6.07) is 6.45. The second-order valence-corrected chi connectivity index (χ2v) is 8.60. The molecular weight excluding hydrogens is 373 g/mol. The molecule has 24 heavy (non-hydrogen) atoms. The van der Waals surface area contributed by atoms with Crippen molar-refractivity contribution in [2.24, 2.45) is 0 Å². The Hall–Kier alpha value is -1.57. The number of halogens is 2. The molecule has 0 bridgehead atoms. The van der Waals surface area contributed by atoms with E-state index in [1.807, 2.05) is 6.92 Å². The zero-order chi connectivity index (χ0) is 17.9. The van der Waals surface area contributed by atoms with Gasteiger partial charge in [-0.3, -0.25) is 4.79 Å². The zero-order valence-electron chi connectivity index (χ0n) is 13.2. The number of nitrogens with one attached hydrogen (secondary N) is 1. The second kappa shape index (κ2) is 7.55. The van der Waals surface area contributed by atoms with Gasteiger partial charge in [0.15, 0.2) is 0 Å². The summed E-state index contributed by atoms with van der Waals surface area (Å²) in [6.07, 6.45) is 3.02. The van der Waals surface area contributed by atoms with Gasteiger partial charge in [0, 0.05) is 17.3 Å². The quantitative estimate of drug-likeness (QED) is 0.821. The molecule has 6 nitrogen and oxygen atoms in total. The first-order valence-electron chi connectivity index (χ1n) is 7.15. The van der Waals surface area contributed by atoms with Gasteiger partial charge in [0.1, 0.15) is 14.9 Å². The van der Waals surface area contributed by atoms with Crippen molar-refractivity contribution in [2.75, 3.05) is 17.3 Å². The zero-order valence-corrected chi connectivity index (χ0v) is 15.5. The third-order valence-electron chi connectivity index (χ3n) is 3.31. The number of benzene rings is 1. The molecule has 1 N–H and O–H groups in total. The Labute approximate surface area is 150 Å². The lowest BCUT2D eigenvalue weighted by Gasteiger charge is -2.16. The van der Waals surface area contributed by atoms with Crippen molar-refractivity contribution in [2.45, 2.75) is 19.4 Å². The van der Waals surface area contributed by atoms with Crippen LogP contribution in [0.25, 0.3) is 5.69 Å². The lowest BCUT2D eigenvalue weighted by atomic mass is 10.2. The van der Waals surface area contributed by atoms with Crippen LogP contribution in [-0.4, -0.2) is 36.2 Å². The van der Waals surface area contributed by atoms with Gasteiger partial charge in [-0.1, -0.05) is 23.2 Å². The van der Waals surface area contributed by atoms with Crippen molar-refractivity contribution in [3.63, 3.8) is 0 Å². The highest BCUT2D eigenvalue weighted by Gasteiger charge is 2.14. The molecule has 1 atom stereocenters. The minimum Gasteiger partial charge on any atom is -0.380 e. The normalized spacial score (nSPS) is 12.8. The maximum absolute atomic E-state index is 12.4. The SMILES string of the molecule is CC(CCS(C)(=O)=O)Nc1cnn(-c2ccc(Cl)cc2)c(=O)c1Cl. The molecular formula is C15H17Cl2N3O3S. The van der Waals surface area contributed by atoms with Crippen LogP contribution in [-0.2, 0) is 9.84 Å². The number of nitrogens with zero attached hydrogens (tertiary/aromatic N) is 2. The van der Waals surface area contributed by atoms with Crippen LogP contribution in [0.15, 0.2) is 35.3 Å². The fourth-order valence-corrected chi connectivity index (χ4v) is 3.12. The van der Waals surface area contributed by atoms with Gasteiger partial charge in [-0.05, 0) is 37.6 Å². The lowest BCUT2D eigenvalue weighted by Crippen LogP contribution is -2.25. The molecule has 1 unspecified atom stereocenters. The van der Waals surface area contributed by atoms with Gasteiger partial charge in [-0.25, -0.2) is 8.42 Å². The topological polar surface area (TPSA) is 81.1 Å². The highest BCUT2D eigenvalue weighted by atomic mass is 35.5. The molecule has 0 radical (unpaired) electrons. The van der Waals surface area contributed by atoms with E-state index in [1.54, 1.807) is 24.3 Å². The van der Waals surface area contributed by atoms with E-state index in [-0.39, 0.29) is 16.8 Å². The summed E-state index contributed by atoms with van der Waals surface area (Å²) in [4.78, 5) is 12.4. The number of hydrogen-bond acceptors (Lipinski definition) is 5. The van der Waals surface area contributed by atoms with Crippen LogP contribution in [0.3, 0.4) is 0 Å². The average Bonchev–Trinajstić information content (AvgIpc) is 2.51.